The van der Waals surface area contributed by atoms with Crippen LogP contribution in [-0.4, -0.2) is 12.4 Å². The summed E-state index contributed by atoms with van der Waals surface area (Å²) in [5.74, 6) is 2.21. The average molecular weight is 413 g/mol. The molecule has 2 aromatic rings. The Morgan fingerprint density at radius 3 is 1.72 bits per heavy atom. The van der Waals surface area contributed by atoms with Crippen molar-refractivity contribution in [1.82, 2.24) is 0 Å². The molecule has 0 fully saturated rings. The Labute approximate surface area is 183 Å². The third-order valence-electron chi connectivity index (χ3n) is 5.33. The van der Waals surface area contributed by atoms with Crippen molar-refractivity contribution in [2.45, 2.75) is 89.4 Å². The minimum absolute atomic E-state index is 0.832. The number of thioether (sulfide) groups is 1. The standard InChI is InChI=1S/C27H40OS/c1-3-5-7-8-9-10-11-12-22-28-26-18-14-24(15-19-26)25-16-20-27(21-17-25)29-23-13-6-4-2/h14-21H,3-13,22-23H2,1-2H3. The Hall–Kier alpha value is -1.41. The van der Waals surface area contributed by atoms with Crippen LogP contribution in [0.5, 0.6) is 5.75 Å². The van der Waals surface area contributed by atoms with Crippen LogP contribution < -0.4 is 4.74 Å². The van der Waals surface area contributed by atoms with Crippen LogP contribution in [0.25, 0.3) is 11.1 Å². The van der Waals surface area contributed by atoms with E-state index >= 15 is 0 Å². The molecule has 0 radical (unpaired) electrons. The fourth-order valence-electron chi connectivity index (χ4n) is 3.46. The molecular weight excluding hydrogens is 372 g/mol. The highest BCUT2D eigenvalue weighted by atomic mass is 32.2. The smallest absolute Gasteiger partial charge is 0.119 e. The molecule has 0 spiro atoms. The SMILES string of the molecule is CCCCCCCCCCOc1ccc(-c2ccc(SCCCCC)cc2)cc1. The number of unbranched alkanes of at least 4 members (excludes halogenated alkanes) is 9. The quantitative estimate of drug-likeness (QED) is 0.201. The molecule has 0 heterocycles. The first-order valence-corrected chi connectivity index (χ1v) is 12.8. The molecule has 29 heavy (non-hydrogen) atoms. The van der Waals surface area contributed by atoms with Crippen molar-refractivity contribution in [2.24, 2.45) is 0 Å². The van der Waals surface area contributed by atoms with Gasteiger partial charge in [-0.3, -0.25) is 0 Å². The highest BCUT2D eigenvalue weighted by Gasteiger charge is 2.01. The summed E-state index contributed by atoms with van der Waals surface area (Å²) in [4.78, 5) is 1.37. The summed E-state index contributed by atoms with van der Waals surface area (Å²) >= 11 is 1.97. The molecule has 0 amide bonds. The maximum Gasteiger partial charge on any atom is 0.119 e. The molecule has 2 heteroatoms. The highest BCUT2D eigenvalue weighted by Crippen LogP contribution is 2.26. The van der Waals surface area contributed by atoms with Crippen LogP contribution in [0.3, 0.4) is 0 Å². The summed E-state index contributed by atoms with van der Waals surface area (Å²) in [5.41, 5.74) is 2.53. The van der Waals surface area contributed by atoms with Gasteiger partial charge in [0.1, 0.15) is 5.75 Å². The van der Waals surface area contributed by atoms with Gasteiger partial charge in [0.15, 0.2) is 0 Å². The third kappa shape index (κ3) is 10.3. The van der Waals surface area contributed by atoms with Crippen molar-refractivity contribution in [3.05, 3.63) is 48.5 Å². The summed E-state index contributed by atoms with van der Waals surface area (Å²) in [6.45, 7) is 5.36. The third-order valence-corrected chi connectivity index (χ3v) is 6.42. The molecular formula is C27H40OS. The molecule has 0 atom stereocenters. The predicted molar refractivity (Wildman–Crippen MR) is 130 cm³/mol. The zero-order valence-electron chi connectivity index (χ0n) is 18.6. The fraction of sp³-hybridized carbons (Fsp3) is 0.556. The molecule has 0 aliphatic rings. The van der Waals surface area contributed by atoms with E-state index in [0.717, 1.165) is 18.8 Å². The lowest BCUT2D eigenvalue weighted by molar-refractivity contribution is 0.304. The Balaban J connectivity index is 1.65. The van der Waals surface area contributed by atoms with E-state index < -0.39 is 0 Å². The van der Waals surface area contributed by atoms with Gasteiger partial charge in [0.25, 0.3) is 0 Å². The Morgan fingerprint density at radius 2 is 1.10 bits per heavy atom. The summed E-state index contributed by atoms with van der Waals surface area (Å²) in [6.07, 6.45) is 14.6. The first-order chi connectivity index (χ1) is 14.3. The fourth-order valence-corrected chi connectivity index (χ4v) is 4.37. The lowest BCUT2D eigenvalue weighted by atomic mass is 10.1. The van der Waals surface area contributed by atoms with Gasteiger partial charge in [0, 0.05) is 4.90 Å². The van der Waals surface area contributed by atoms with Crippen molar-refractivity contribution in [1.29, 1.82) is 0 Å². The predicted octanol–water partition coefficient (Wildman–Crippen LogP) is 9.16. The van der Waals surface area contributed by atoms with Gasteiger partial charge in [-0.1, -0.05) is 95.9 Å². The molecule has 0 N–H and O–H groups in total. The van der Waals surface area contributed by atoms with Crippen LogP contribution in [0.2, 0.25) is 0 Å². The molecule has 0 bridgehead atoms. The van der Waals surface area contributed by atoms with Gasteiger partial charge in [-0.25, -0.2) is 0 Å². The Kier molecular flexibility index (Phi) is 12.7. The average Bonchev–Trinajstić information content (AvgIpc) is 2.76. The normalized spacial score (nSPS) is 11.0. The van der Waals surface area contributed by atoms with Crippen LogP contribution in [0.4, 0.5) is 0 Å². The van der Waals surface area contributed by atoms with E-state index in [2.05, 4.69) is 62.4 Å². The largest absolute Gasteiger partial charge is 0.494 e. The molecule has 2 rings (SSSR count). The van der Waals surface area contributed by atoms with Crippen LogP contribution in [0.1, 0.15) is 84.5 Å². The Morgan fingerprint density at radius 1 is 0.586 bits per heavy atom. The van der Waals surface area contributed by atoms with Gasteiger partial charge in [0.2, 0.25) is 0 Å². The number of ether oxygens (including phenoxy) is 1. The maximum atomic E-state index is 5.92. The number of hydrogen-bond donors (Lipinski definition) is 0. The zero-order chi connectivity index (χ0) is 20.6. The van der Waals surface area contributed by atoms with Gasteiger partial charge in [0.05, 0.1) is 6.61 Å². The molecule has 1 nitrogen and oxygen atoms in total. The van der Waals surface area contributed by atoms with E-state index in [-0.39, 0.29) is 0 Å². The second-order valence-corrected chi connectivity index (χ2v) is 9.10. The van der Waals surface area contributed by atoms with Gasteiger partial charge in [-0.2, -0.15) is 0 Å². The van der Waals surface area contributed by atoms with E-state index in [1.165, 1.54) is 86.0 Å². The summed E-state index contributed by atoms with van der Waals surface area (Å²) < 4.78 is 5.92. The van der Waals surface area contributed by atoms with Gasteiger partial charge in [-0.05, 0) is 54.0 Å². The van der Waals surface area contributed by atoms with Crippen LogP contribution >= 0.6 is 11.8 Å². The van der Waals surface area contributed by atoms with Gasteiger partial charge < -0.3 is 4.74 Å². The second kappa shape index (κ2) is 15.4. The van der Waals surface area contributed by atoms with Crippen molar-refractivity contribution in [3.63, 3.8) is 0 Å². The van der Waals surface area contributed by atoms with E-state index in [0.29, 0.717) is 0 Å². The molecule has 0 aromatic heterocycles. The molecule has 0 aliphatic carbocycles. The number of rotatable bonds is 16. The van der Waals surface area contributed by atoms with Crippen LogP contribution in [-0.2, 0) is 0 Å². The zero-order valence-corrected chi connectivity index (χ0v) is 19.4. The van der Waals surface area contributed by atoms with Crippen LogP contribution in [0.15, 0.2) is 53.4 Å². The molecule has 2 aromatic carbocycles. The van der Waals surface area contributed by atoms with Gasteiger partial charge >= 0.3 is 0 Å². The van der Waals surface area contributed by atoms with Crippen molar-refractivity contribution in [3.8, 4) is 16.9 Å². The summed E-state index contributed by atoms with van der Waals surface area (Å²) in [6, 6.07) is 17.5. The van der Waals surface area contributed by atoms with E-state index in [9.17, 15) is 0 Å². The molecule has 0 saturated carbocycles. The summed E-state index contributed by atoms with van der Waals surface area (Å²) in [5, 5.41) is 0. The first-order valence-electron chi connectivity index (χ1n) is 11.8. The lowest BCUT2D eigenvalue weighted by Gasteiger charge is -2.08. The summed E-state index contributed by atoms with van der Waals surface area (Å²) in [7, 11) is 0. The van der Waals surface area contributed by atoms with Crippen molar-refractivity contribution in [2.75, 3.05) is 12.4 Å². The minimum atomic E-state index is 0.832. The highest BCUT2D eigenvalue weighted by molar-refractivity contribution is 7.99. The molecule has 0 aliphatic heterocycles. The number of hydrogen-bond acceptors (Lipinski definition) is 2. The minimum Gasteiger partial charge on any atom is -0.494 e. The topological polar surface area (TPSA) is 9.23 Å². The number of benzene rings is 2. The Bertz CT molecular complexity index is 633. The van der Waals surface area contributed by atoms with E-state index in [1.807, 2.05) is 11.8 Å². The molecule has 0 unspecified atom stereocenters. The van der Waals surface area contributed by atoms with E-state index in [4.69, 9.17) is 4.74 Å². The monoisotopic (exact) mass is 412 g/mol. The van der Waals surface area contributed by atoms with E-state index in [1.54, 1.807) is 0 Å². The van der Waals surface area contributed by atoms with Gasteiger partial charge in [-0.15, -0.1) is 11.8 Å². The second-order valence-electron chi connectivity index (χ2n) is 7.93. The van der Waals surface area contributed by atoms with Crippen molar-refractivity contribution < 1.29 is 4.74 Å². The van der Waals surface area contributed by atoms with Crippen LogP contribution in [0, 0.1) is 0 Å². The molecule has 0 saturated heterocycles. The first kappa shape index (κ1) is 23.9. The van der Waals surface area contributed by atoms with Crippen molar-refractivity contribution >= 4 is 11.8 Å². The lowest BCUT2D eigenvalue weighted by Crippen LogP contribution is -1.97. The maximum absolute atomic E-state index is 5.92. The molecule has 160 valence electrons.